The molecule has 28 heavy (non-hydrogen) atoms. The lowest BCUT2D eigenvalue weighted by Gasteiger charge is -2.30. The van der Waals surface area contributed by atoms with E-state index < -0.39 is 10.0 Å². The average molecular weight is 462 g/mol. The molecule has 0 bridgehead atoms. The highest BCUT2D eigenvalue weighted by molar-refractivity contribution is 9.10. The average Bonchev–Trinajstić information content (AvgIpc) is 3.19. The van der Waals surface area contributed by atoms with Crippen molar-refractivity contribution in [3.63, 3.8) is 0 Å². The second kappa shape index (κ2) is 7.77. The SMILES string of the molecule is Cc1ccc(S(=O)(=O)N2CCC[C@@H](c3nc(-c4ccccc4Br)no3)C2)cc1. The van der Waals surface area contributed by atoms with Gasteiger partial charge < -0.3 is 4.52 Å². The molecule has 0 N–H and O–H groups in total. The van der Waals surface area contributed by atoms with Crippen molar-refractivity contribution in [2.75, 3.05) is 13.1 Å². The number of halogens is 1. The monoisotopic (exact) mass is 461 g/mol. The third kappa shape index (κ3) is 3.76. The Kier molecular flexibility index (Phi) is 5.35. The van der Waals surface area contributed by atoms with Crippen LogP contribution in [0.1, 0.15) is 30.2 Å². The largest absolute Gasteiger partial charge is 0.339 e. The summed E-state index contributed by atoms with van der Waals surface area (Å²) in [6, 6.07) is 14.6. The molecule has 0 amide bonds. The van der Waals surface area contributed by atoms with Crippen LogP contribution in [0.2, 0.25) is 0 Å². The summed E-state index contributed by atoms with van der Waals surface area (Å²) < 4.78 is 33.9. The molecule has 1 saturated heterocycles. The zero-order valence-corrected chi connectivity index (χ0v) is 17.8. The van der Waals surface area contributed by atoms with Crippen molar-refractivity contribution in [1.29, 1.82) is 0 Å². The fourth-order valence-corrected chi connectivity index (χ4v) is 5.36. The Labute approximate surface area is 172 Å². The molecule has 6 nitrogen and oxygen atoms in total. The summed E-state index contributed by atoms with van der Waals surface area (Å²) in [6.07, 6.45) is 1.57. The van der Waals surface area contributed by atoms with E-state index in [1.54, 1.807) is 12.1 Å². The number of sulfonamides is 1. The van der Waals surface area contributed by atoms with Gasteiger partial charge in [-0.3, -0.25) is 0 Å². The maximum Gasteiger partial charge on any atom is 0.243 e. The summed E-state index contributed by atoms with van der Waals surface area (Å²) in [5, 5.41) is 4.09. The van der Waals surface area contributed by atoms with E-state index in [0.29, 0.717) is 29.7 Å². The van der Waals surface area contributed by atoms with Gasteiger partial charge in [0.2, 0.25) is 21.7 Å². The van der Waals surface area contributed by atoms with Gasteiger partial charge in [0, 0.05) is 23.1 Å². The molecule has 1 fully saturated rings. The molecule has 2 heterocycles. The van der Waals surface area contributed by atoms with Crippen LogP contribution < -0.4 is 0 Å². The molecule has 1 aliphatic heterocycles. The smallest absolute Gasteiger partial charge is 0.243 e. The molecule has 0 unspecified atom stereocenters. The highest BCUT2D eigenvalue weighted by Crippen LogP contribution is 2.32. The normalized spacial score (nSPS) is 18.3. The molecule has 1 aromatic heterocycles. The van der Waals surface area contributed by atoms with Gasteiger partial charge in [-0.15, -0.1) is 0 Å². The Morgan fingerprint density at radius 2 is 1.89 bits per heavy atom. The summed E-state index contributed by atoms with van der Waals surface area (Å²) in [7, 11) is -3.54. The third-order valence-electron chi connectivity index (χ3n) is 4.95. The fraction of sp³-hybridized carbons (Fsp3) is 0.300. The molecule has 2 aromatic carbocycles. The van der Waals surface area contributed by atoms with Gasteiger partial charge in [-0.1, -0.05) is 50.9 Å². The lowest BCUT2D eigenvalue weighted by Crippen LogP contribution is -2.39. The van der Waals surface area contributed by atoms with E-state index >= 15 is 0 Å². The van der Waals surface area contributed by atoms with Crippen molar-refractivity contribution in [3.05, 3.63) is 64.5 Å². The van der Waals surface area contributed by atoms with Gasteiger partial charge in [-0.05, 0) is 44.0 Å². The van der Waals surface area contributed by atoms with E-state index in [-0.39, 0.29) is 5.92 Å². The zero-order chi connectivity index (χ0) is 19.7. The molecule has 1 aliphatic rings. The topological polar surface area (TPSA) is 76.3 Å². The molecule has 146 valence electrons. The van der Waals surface area contributed by atoms with Crippen molar-refractivity contribution < 1.29 is 12.9 Å². The van der Waals surface area contributed by atoms with Gasteiger partial charge in [0.1, 0.15) is 0 Å². The highest BCUT2D eigenvalue weighted by Gasteiger charge is 2.33. The lowest BCUT2D eigenvalue weighted by atomic mass is 10.00. The Hall–Kier alpha value is -2.03. The van der Waals surface area contributed by atoms with E-state index in [1.807, 2.05) is 43.3 Å². The zero-order valence-electron chi connectivity index (χ0n) is 15.4. The lowest BCUT2D eigenvalue weighted by molar-refractivity contribution is 0.265. The number of benzene rings is 2. The number of aryl methyl sites for hydroxylation is 1. The first kappa shape index (κ1) is 19.3. The van der Waals surface area contributed by atoms with Crippen LogP contribution in [0, 0.1) is 6.92 Å². The second-order valence-electron chi connectivity index (χ2n) is 6.95. The quantitative estimate of drug-likeness (QED) is 0.576. The predicted octanol–water partition coefficient (Wildman–Crippen LogP) is 4.38. The number of rotatable bonds is 4. The molecule has 3 aromatic rings. The number of piperidine rings is 1. The van der Waals surface area contributed by atoms with Crippen LogP contribution in [0.25, 0.3) is 11.4 Å². The number of nitrogens with zero attached hydrogens (tertiary/aromatic N) is 3. The minimum atomic E-state index is -3.54. The van der Waals surface area contributed by atoms with Gasteiger partial charge >= 0.3 is 0 Å². The summed E-state index contributed by atoms with van der Waals surface area (Å²) in [4.78, 5) is 4.85. The van der Waals surface area contributed by atoms with E-state index in [9.17, 15) is 8.42 Å². The maximum absolute atomic E-state index is 13.0. The van der Waals surface area contributed by atoms with Crippen LogP contribution in [-0.2, 0) is 10.0 Å². The van der Waals surface area contributed by atoms with Crippen LogP contribution in [0.4, 0.5) is 0 Å². The molecule has 0 aliphatic carbocycles. The van der Waals surface area contributed by atoms with E-state index in [0.717, 1.165) is 28.4 Å². The van der Waals surface area contributed by atoms with Crippen molar-refractivity contribution >= 4 is 26.0 Å². The van der Waals surface area contributed by atoms with Crippen LogP contribution in [0.5, 0.6) is 0 Å². The molecule has 4 rings (SSSR count). The van der Waals surface area contributed by atoms with Gasteiger partial charge in [0.05, 0.1) is 10.8 Å². The predicted molar refractivity (Wildman–Crippen MR) is 109 cm³/mol. The van der Waals surface area contributed by atoms with Gasteiger partial charge in [-0.25, -0.2) is 8.42 Å². The van der Waals surface area contributed by atoms with Gasteiger partial charge in [-0.2, -0.15) is 9.29 Å². The van der Waals surface area contributed by atoms with E-state index in [4.69, 9.17) is 4.52 Å². The highest BCUT2D eigenvalue weighted by atomic mass is 79.9. The summed E-state index contributed by atoms with van der Waals surface area (Å²) in [6.45, 7) is 2.78. The molecular weight excluding hydrogens is 442 g/mol. The van der Waals surface area contributed by atoms with Crippen molar-refractivity contribution in [1.82, 2.24) is 14.4 Å². The molecule has 8 heteroatoms. The molecule has 0 saturated carbocycles. The minimum Gasteiger partial charge on any atom is -0.339 e. The summed E-state index contributed by atoms with van der Waals surface area (Å²) in [5.41, 5.74) is 1.87. The van der Waals surface area contributed by atoms with Gasteiger partial charge in [0.25, 0.3) is 0 Å². The molecule has 1 atom stereocenters. The number of hydrogen-bond donors (Lipinski definition) is 0. The van der Waals surface area contributed by atoms with Crippen molar-refractivity contribution in [2.45, 2.75) is 30.6 Å². The Morgan fingerprint density at radius 1 is 1.14 bits per heavy atom. The Balaban J connectivity index is 1.56. The minimum absolute atomic E-state index is 0.113. The standard InChI is InChI=1S/C20H20BrN3O3S/c1-14-8-10-16(11-9-14)28(25,26)24-12-4-5-15(13-24)20-22-19(23-27-20)17-6-2-3-7-18(17)21/h2-3,6-11,15H,4-5,12-13H2,1H3/t15-/m1/s1. The summed E-state index contributed by atoms with van der Waals surface area (Å²) in [5.74, 6) is 0.869. The first-order valence-corrected chi connectivity index (χ1v) is 11.3. The first-order chi connectivity index (χ1) is 13.4. The van der Waals surface area contributed by atoms with Crippen LogP contribution in [0.3, 0.4) is 0 Å². The van der Waals surface area contributed by atoms with Crippen molar-refractivity contribution in [3.8, 4) is 11.4 Å². The molecular formula is C20H20BrN3O3S. The maximum atomic E-state index is 13.0. The fourth-order valence-electron chi connectivity index (χ4n) is 3.37. The Morgan fingerprint density at radius 3 is 2.64 bits per heavy atom. The number of hydrogen-bond acceptors (Lipinski definition) is 5. The molecule has 0 spiro atoms. The van der Waals surface area contributed by atoms with Crippen molar-refractivity contribution in [2.24, 2.45) is 0 Å². The van der Waals surface area contributed by atoms with Gasteiger partial charge in [0.15, 0.2) is 0 Å². The second-order valence-corrected chi connectivity index (χ2v) is 9.74. The van der Waals surface area contributed by atoms with E-state index in [2.05, 4.69) is 26.1 Å². The molecule has 0 radical (unpaired) electrons. The van der Waals surface area contributed by atoms with Crippen LogP contribution >= 0.6 is 15.9 Å². The Bertz CT molecular complexity index is 1080. The third-order valence-corrected chi connectivity index (χ3v) is 7.52. The van der Waals surface area contributed by atoms with Crippen LogP contribution in [0.15, 0.2) is 62.4 Å². The summed E-state index contributed by atoms with van der Waals surface area (Å²) >= 11 is 3.50. The van der Waals surface area contributed by atoms with E-state index in [1.165, 1.54) is 4.31 Å². The first-order valence-electron chi connectivity index (χ1n) is 9.10. The van der Waals surface area contributed by atoms with Crippen LogP contribution in [-0.4, -0.2) is 36.0 Å². The number of aromatic nitrogens is 2.